The Hall–Kier alpha value is -2.04. The number of nitrogens with zero attached hydrogens (tertiary/aromatic N) is 1. The van der Waals surface area contributed by atoms with Gasteiger partial charge in [0.05, 0.1) is 12.4 Å². The highest BCUT2D eigenvalue weighted by molar-refractivity contribution is 6.33. The summed E-state index contributed by atoms with van der Waals surface area (Å²) in [5, 5.41) is 0. The van der Waals surface area contributed by atoms with Crippen LogP contribution in [0.4, 0.5) is 0 Å². The average molecular weight is 510 g/mol. The van der Waals surface area contributed by atoms with Crippen LogP contribution in [0.25, 0.3) is 0 Å². The van der Waals surface area contributed by atoms with Crippen LogP contribution in [0.15, 0.2) is 36.6 Å². The molecule has 0 bridgehead atoms. The predicted octanol–water partition coefficient (Wildman–Crippen LogP) is 7.00. The van der Waals surface area contributed by atoms with Crippen LogP contribution in [0.5, 0.6) is 0 Å². The van der Waals surface area contributed by atoms with Crippen molar-refractivity contribution in [2.24, 2.45) is 22.2 Å². The molecule has 0 heterocycles. The standard InChI is InChI=1S/C32H52BNO3/c1-10-11-16-25(2)31(7,8)24-32(9,30(4,5)6)26(3)37-22-15-20-34(29(36)19-14-21-35)23-27-17-12-13-18-28(27)33/h12-13,17-18,21,25H,3,10-11,14-16,19-20,22-24H2,1-2,4-9H3. The Morgan fingerprint density at radius 2 is 1.78 bits per heavy atom. The molecule has 0 N–H and O–H groups in total. The lowest BCUT2D eigenvalue weighted by Gasteiger charge is -2.49. The number of allylic oxidation sites excluding steroid dienone is 1. The minimum absolute atomic E-state index is 0.0203. The third kappa shape index (κ3) is 9.98. The number of rotatable bonds is 17. The first-order valence-electron chi connectivity index (χ1n) is 14.1. The van der Waals surface area contributed by atoms with Gasteiger partial charge in [0.1, 0.15) is 14.1 Å². The molecule has 0 aliphatic rings. The molecule has 4 nitrogen and oxygen atoms in total. The SMILES string of the molecule is [B]c1ccccc1CN(CCCOC(=C)C(C)(CC(C)(C)C(C)CCCC)C(C)(C)C)C(=O)CCC=O. The van der Waals surface area contributed by atoms with E-state index in [1.807, 2.05) is 24.3 Å². The summed E-state index contributed by atoms with van der Waals surface area (Å²) >= 11 is 0. The third-order valence-electron chi connectivity index (χ3n) is 8.50. The predicted molar refractivity (Wildman–Crippen MR) is 157 cm³/mol. The maximum atomic E-state index is 12.8. The number of carbonyl (C=O) groups is 2. The second-order valence-corrected chi connectivity index (χ2v) is 12.6. The summed E-state index contributed by atoms with van der Waals surface area (Å²) in [6.07, 6.45) is 6.60. The van der Waals surface area contributed by atoms with Crippen LogP contribution in [0, 0.1) is 22.2 Å². The first-order chi connectivity index (χ1) is 17.2. The number of unbranched alkanes of at least 4 members (excludes halogenated alkanes) is 1. The molecule has 0 aromatic heterocycles. The van der Waals surface area contributed by atoms with E-state index in [1.165, 1.54) is 19.3 Å². The van der Waals surface area contributed by atoms with E-state index in [-0.39, 0.29) is 35.0 Å². The first-order valence-corrected chi connectivity index (χ1v) is 14.1. The number of ether oxygens (including phenoxy) is 1. The van der Waals surface area contributed by atoms with Gasteiger partial charge in [-0.15, -0.1) is 0 Å². The van der Waals surface area contributed by atoms with Gasteiger partial charge in [-0.1, -0.05) is 111 Å². The quantitative estimate of drug-likeness (QED) is 0.0983. The van der Waals surface area contributed by atoms with Gasteiger partial charge in [0.25, 0.3) is 0 Å². The van der Waals surface area contributed by atoms with Gasteiger partial charge in [0, 0.05) is 31.3 Å². The Kier molecular flexibility index (Phi) is 13.2. The van der Waals surface area contributed by atoms with E-state index in [0.717, 1.165) is 24.0 Å². The lowest BCUT2D eigenvalue weighted by Crippen LogP contribution is -2.41. The van der Waals surface area contributed by atoms with Gasteiger partial charge in [0.2, 0.25) is 5.91 Å². The molecule has 0 aliphatic heterocycles. The van der Waals surface area contributed by atoms with Crippen molar-refractivity contribution in [3.63, 3.8) is 0 Å². The van der Waals surface area contributed by atoms with Crippen molar-refractivity contribution in [1.29, 1.82) is 0 Å². The van der Waals surface area contributed by atoms with E-state index in [1.54, 1.807) is 4.90 Å². The van der Waals surface area contributed by atoms with Gasteiger partial charge in [-0.25, -0.2) is 0 Å². The molecule has 0 spiro atoms. The van der Waals surface area contributed by atoms with E-state index in [0.29, 0.717) is 37.5 Å². The molecule has 0 saturated carbocycles. The maximum absolute atomic E-state index is 12.8. The molecule has 2 unspecified atom stereocenters. The van der Waals surface area contributed by atoms with E-state index < -0.39 is 0 Å². The van der Waals surface area contributed by atoms with Crippen LogP contribution in [0.2, 0.25) is 0 Å². The Morgan fingerprint density at radius 3 is 2.35 bits per heavy atom. The van der Waals surface area contributed by atoms with E-state index >= 15 is 0 Å². The van der Waals surface area contributed by atoms with Gasteiger partial charge in [0.15, 0.2) is 0 Å². The lowest BCUT2D eigenvalue weighted by atomic mass is 9.57. The highest BCUT2D eigenvalue weighted by Crippen LogP contribution is 2.53. The summed E-state index contributed by atoms with van der Waals surface area (Å²) in [4.78, 5) is 25.4. The first kappa shape index (κ1) is 33.0. The number of hydrogen-bond acceptors (Lipinski definition) is 3. The van der Waals surface area contributed by atoms with Crippen LogP contribution >= 0.6 is 0 Å². The molecule has 1 rings (SSSR count). The lowest BCUT2D eigenvalue weighted by molar-refractivity contribution is -0.132. The van der Waals surface area contributed by atoms with Gasteiger partial charge >= 0.3 is 0 Å². The third-order valence-corrected chi connectivity index (χ3v) is 8.50. The minimum atomic E-state index is -0.199. The molecule has 5 heteroatoms. The number of carbonyl (C=O) groups excluding carboxylic acids is 2. The molecule has 0 saturated heterocycles. The molecular formula is C32H52BNO3. The van der Waals surface area contributed by atoms with Gasteiger partial charge < -0.3 is 14.4 Å². The maximum Gasteiger partial charge on any atom is 0.223 e. The molecule has 37 heavy (non-hydrogen) atoms. The van der Waals surface area contributed by atoms with Gasteiger partial charge in [-0.2, -0.15) is 0 Å². The van der Waals surface area contributed by atoms with Crippen LogP contribution < -0.4 is 5.46 Å². The van der Waals surface area contributed by atoms with Crippen molar-refractivity contribution in [2.75, 3.05) is 13.2 Å². The van der Waals surface area contributed by atoms with Crippen LogP contribution in [-0.2, 0) is 20.9 Å². The molecule has 0 fully saturated rings. The Labute approximate surface area is 229 Å². The van der Waals surface area contributed by atoms with E-state index in [4.69, 9.17) is 12.6 Å². The van der Waals surface area contributed by atoms with Crippen LogP contribution in [0.1, 0.15) is 106 Å². The van der Waals surface area contributed by atoms with Gasteiger partial charge in [-0.05, 0) is 35.2 Å². The van der Waals surface area contributed by atoms with Crippen molar-refractivity contribution in [2.45, 2.75) is 107 Å². The number of hydrogen-bond donors (Lipinski definition) is 0. The summed E-state index contributed by atoms with van der Waals surface area (Å²) < 4.78 is 6.31. The second-order valence-electron chi connectivity index (χ2n) is 12.6. The molecule has 0 aliphatic carbocycles. The highest BCUT2D eigenvalue weighted by Gasteiger charge is 2.46. The Bertz CT molecular complexity index is 873. The van der Waals surface area contributed by atoms with Crippen molar-refractivity contribution in [3.05, 3.63) is 42.2 Å². The van der Waals surface area contributed by atoms with Crippen molar-refractivity contribution in [3.8, 4) is 0 Å². The molecule has 1 aromatic rings. The monoisotopic (exact) mass is 509 g/mol. The zero-order valence-electron chi connectivity index (χ0n) is 25.0. The summed E-state index contributed by atoms with van der Waals surface area (Å²) in [6, 6.07) is 7.58. The smallest absolute Gasteiger partial charge is 0.223 e. The van der Waals surface area contributed by atoms with Crippen LogP contribution in [-0.4, -0.2) is 38.1 Å². The van der Waals surface area contributed by atoms with Crippen molar-refractivity contribution < 1.29 is 14.3 Å². The summed E-state index contributed by atoms with van der Waals surface area (Å²) in [7, 11) is 6.12. The number of benzene rings is 1. The normalized spacial score (nSPS) is 14.5. The fraction of sp³-hybridized carbons (Fsp3) is 0.688. The van der Waals surface area contributed by atoms with Crippen LogP contribution in [0.3, 0.4) is 0 Å². The van der Waals surface area contributed by atoms with E-state index in [9.17, 15) is 9.59 Å². The van der Waals surface area contributed by atoms with Gasteiger partial charge in [-0.3, -0.25) is 4.79 Å². The highest BCUT2D eigenvalue weighted by atomic mass is 16.5. The number of aldehydes is 1. The fourth-order valence-electron chi connectivity index (χ4n) is 4.89. The number of amides is 1. The summed E-state index contributed by atoms with van der Waals surface area (Å²) in [5.41, 5.74) is 1.51. The average Bonchev–Trinajstić information content (AvgIpc) is 2.82. The molecular weight excluding hydrogens is 457 g/mol. The van der Waals surface area contributed by atoms with Crippen molar-refractivity contribution in [1.82, 2.24) is 4.90 Å². The fourth-order valence-corrected chi connectivity index (χ4v) is 4.89. The van der Waals surface area contributed by atoms with E-state index in [2.05, 4.69) is 62.0 Å². The molecule has 1 aromatic carbocycles. The molecule has 2 atom stereocenters. The molecule has 2 radical (unpaired) electrons. The zero-order valence-corrected chi connectivity index (χ0v) is 25.0. The molecule has 1 amide bonds. The Balaban J connectivity index is 2.88. The largest absolute Gasteiger partial charge is 0.498 e. The summed E-state index contributed by atoms with van der Waals surface area (Å²) in [5.74, 6) is 1.39. The topological polar surface area (TPSA) is 46.6 Å². The van der Waals surface area contributed by atoms with Crippen molar-refractivity contribution >= 4 is 25.5 Å². The molecule has 206 valence electrons. The summed E-state index contributed by atoms with van der Waals surface area (Å²) in [6.45, 7) is 24.3. The second kappa shape index (κ2) is 14.8. The zero-order chi connectivity index (χ0) is 28.3. The Morgan fingerprint density at radius 1 is 1.14 bits per heavy atom. The minimum Gasteiger partial charge on any atom is -0.498 e.